The summed E-state index contributed by atoms with van der Waals surface area (Å²) in [7, 11) is 1.40. The first-order chi connectivity index (χ1) is 13.6. The molecule has 0 spiro atoms. The molecular formula is C20H19F2N3O4. The zero-order valence-electron chi connectivity index (χ0n) is 15.8. The summed E-state index contributed by atoms with van der Waals surface area (Å²) in [6.07, 6.45) is -0.196. The Kier molecular flexibility index (Phi) is 5.32. The van der Waals surface area contributed by atoms with E-state index in [0.29, 0.717) is 5.56 Å². The van der Waals surface area contributed by atoms with Crippen molar-refractivity contribution in [2.45, 2.75) is 31.3 Å². The van der Waals surface area contributed by atoms with Crippen LogP contribution in [-0.2, 0) is 22.4 Å². The van der Waals surface area contributed by atoms with Crippen molar-refractivity contribution in [1.82, 2.24) is 10.2 Å². The largest absolute Gasteiger partial charge is 0.340 e. The molecule has 1 saturated heterocycles. The van der Waals surface area contributed by atoms with Gasteiger partial charge in [-0.1, -0.05) is 18.2 Å². The van der Waals surface area contributed by atoms with Crippen LogP contribution in [0, 0.1) is 21.7 Å². The molecule has 0 saturated carbocycles. The van der Waals surface area contributed by atoms with Crippen LogP contribution in [0.1, 0.15) is 18.1 Å². The molecule has 2 amide bonds. The van der Waals surface area contributed by atoms with Crippen LogP contribution in [0.15, 0.2) is 42.5 Å². The lowest BCUT2D eigenvalue weighted by Gasteiger charge is -2.43. The Morgan fingerprint density at radius 2 is 1.83 bits per heavy atom. The minimum Gasteiger partial charge on any atom is -0.340 e. The second kappa shape index (κ2) is 7.57. The van der Waals surface area contributed by atoms with Gasteiger partial charge in [-0.2, -0.15) is 0 Å². The molecule has 1 N–H and O–H groups in total. The summed E-state index contributed by atoms with van der Waals surface area (Å²) >= 11 is 0. The van der Waals surface area contributed by atoms with E-state index >= 15 is 0 Å². The SMILES string of the molecule is CN1C(=O)C(C)(Cc2ccc(F)cc2)NC(=O)C1Cc1c(F)cccc1[N+](=O)[O-]. The van der Waals surface area contributed by atoms with Crippen molar-refractivity contribution < 1.29 is 23.3 Å². The van der Waals surface area contributed by atoms with Gasteiger partial charge in [0.25, 0.3) is 5.69 Å². The van der Waals surface area contributed by atoms with Gasteiger partial charge in [-0.15, -0.1) is 0 Å². The highest BCUT2D eigenvalue weighted by atomic mass is 19.1. The number of carbonyl (C=O) groups excluding carboxylic acids is 2. The third kappa shape index (κ3) is 3.94. The van der Waals surface area contributed by atoms with Gasteiger partial charge < -0.3 is 10.2 Å². The fraction of sp³-hybridized carbons (Fsp3) is 0.300. The Labute approximate surface area is 165 Å². The molecule has 0 radical (unpaired) electrons. The van der Waals surface area contributed by atoms with Crippen molar-refractivity contribution in [3.63, 3.8) is 0 Å². The predicted octanol–water partition coefficient (Wildman–Crippen LogP) is 2.37. The number of hydrogen-bond donors (Lipinski definition) is 1. The summed E-state index contributed by atoms with van der Waals surface area (Å²) in [6, 6.07) is 7.91. The van der Waals surface area contributed by atoms with Crippen LogP contribution in [0.4, 0.5) is 14.5 Å². The van der Waals surface area contributed by atoms with Crippen LogP contribution in [0.2, 0.25) is 0 Å². The third-order valence-corrected chi connectivity index (χ3v) is 5.12. The molecule has 1 aliphatic rings. The number of halogens is 2. The number of nitrogens with one attached hydrogen (secondary N) is 1. The van der Waals surface area contributed by atoms with Crippen molar-refractivity contribution >= 4 is 17.5 Å². The van der Waals surface area contributed by atoms with E-state index in [-0.39, 0.29) is 18.4 Å². The summed E-state index contributed by atoms with van der Waals surface area (Å²) in [6.45, 7) is 1.55. The minimum atomic E-state index is -1.28. The number of rotatable bonds is 5. The maximum absolute atomic E-state index is 14.2. The maximum Gasteiger partial charge on any atom is 0.275 e. The first-order valence-corrected chi connectivity index (χ1v) is 8.88. The smallest absolute Gasteiger partial charge is 0.275 e. The molecular weight excluding hydrogens is 384 g/mol. The second-order valence-corrected chi connectivity index (χ2v) is 7.26. The average molecular weight is 403 g/mol. The van der Waals surface area contributed by atoms with E-state index in [9.17, 15) is 28.5 Å². The van der Waals surface area contributed by atoms with Crippen LogP contribution in [-0.4, -0.2) is 40.3 Å². The fourth-order valence-electron chi connectivity index (χ4n) is 3.59. The number of benzene rings is 2. The van der Waals surface area contributed by atoms with Gasteiger partial charge in [0.2, 0.25) is 11.8 Å². The van der Waals surface area contributed by atoms with Gasteiger partial charge in [0.1, 0.15) is 23.2 Å². The normalized spacial score (nSPS) is 21.8. The standard InChI is InChI=1S/C20H19F2N3O4/c1-20(11-12-6-8-13(21)9-7-12)19(27)24(2)17(18(26)23-20)10-14-15(22)4-3-5-16(14)25(28)29/h3-9,17H,10-11H2,1-2H3,(H,23,26). The molecule has 152 valence electrons. The zero-order chi connectivity index (χ0) is 21.3. The lowest BCUT2D eigenvalue weighted by atomic mass is 9.86. The number of nitro groups is 1. The monoisotopic (exact) mass is 403 g/mol. The quantitative estimate of drug-likeness (QED) is 0.613. The Hall–Kier alpha value is -3.36. The van der Waals surface area contributed by atoms with Gasteiger partial charge in [0.05, 0.1) is 10.5 Å². The summed E-state index contributed by atoms with van der Waals surface area (Å²) in [5, 5.41) is 13.9. The molecule has 2 atom stereocenters. The van der Waals surface area contributed by atoms with E-state index in [0.717, 1.165) is 12.1 Å². The number of nitrogens with zero attached hydrogens (tertiary/aromatic N) is 2. The molecule has 29 heavy (non-hydrogen) atoms. The van der Waals surface area contributed by atoms with Crippen LogP contribution >= 0.6 is 0 Å². The van der Waals surface area contributed by atoms with Gasteiger partial charge in [0.15, 0.2) is 0 Å². The Bertz CT molecular complexity index is 980. The van der Waals surface area contributed by atoms with Gasteiger partial charge in [-0.25, -0.2) is 8.78 Å². The van der Waals surface area contributed by atoms with Crippen molar-refractivity contribution in [3.8, 4) is 0 Å². The summed E-state index contributed by atoms with van der Waals surface area (Å²) in [5.41, 5.74) is -1.31. The summed E-state index contributed by atoms with van der Waals surface area (Å²) < 4.78 is 27.3. The summed E-state index contributed by atoms with van der Waals surface area (Å²) in [4.78, 5) is 37.4. The zero-order valence-corrected chi connectivity index (χ0v) is 15.8. The van der Waals surface area contributed by atoms with Gasteiger partial charge >= 0.3 is 0 Å². The number of piperazine rings is 1. The van der Waals surface area contributed by atoms with Crippen LogP contribution < -0.4 is 5.32 Å². The molecule has 0 aromatic heterocycles. The predicted molar refractivity (Wildman–Crippen MR) is 100.0 cm³/mol. The lowest BCUT2D eigenvalue weighted by Crippen LogP contribution is -2.69. The average Bonchev–Trinajstić information content (AvgIpc) is 2.66. The molecule has 1 heterocycles. The molecule has 2 unspecified atom stereocenters. The van der Waals surface area contributed by atoms with E-state index in [1.54, 1.807) is 6.92 Å². The highest BCUT2D eigenvalue weighted by molar-refractivity contribution is 5.99. The number of amides is 2. The molecule has 2 aromatic carbocycles. The van der Waals surface area contributed by atoms with E-state index in [1.807, 2.05) is 0 Å². The van der Waals surface area contributed by atoms with Crippen LogP contribution in [0.5, 0.6) is 0 Å². The Morgan fingerprint density at radius 3 is 2.45 bits per heavy atom. The molecule has 1 fully saturated rings. The maximum atomic E-state index is 14.2. The van der Waals surface area contributed by atoms with Gasteiger partial charge in [-0.05, 0) is 30.7 Å². The molecule has 0 bridgehead atoms. The first-order valence-electron chi connectivity index (χ1n) is 8.88. The third-order valence-electron chi connectivity index (χ3n) is 5.12. The van der Waals surface area contributed by atoms with E-state index in [2.05, 4.69) is 5.32 Å². The molecule has 9 heteroatoms. The van der Waals surface area contributed by atoms with Crippen molar-refractivity contribution in [2.75, 3.05) is 7.05 Å². The van der Waals surface area contributed by atoms with Gasteiger partial charge in [0, 0.05) is 26.0 Å². The molecule has 7 nitrogen and oxygen atoms in total. The number of likely N-dealkylation sites (N-methyl/N-ethyl adjacent to an activating group) is 1. The number of hydrogen-bond acceptors (Lipinski definition) is 4. The highest BCUT2D eigenvalue weighted by Gasteiger charge is 2.47. The Morgan fingerprint density at radius 1 is 1.17 bits per heavy atom. The highest BCUT2D eigenvalue weighted by Crippen LogP contribution is 2.28. The number of carbonyl (C=O) groups is 2. The molecule has 2 aromatic rings. The van der Waals surface area contributed by atoms with Crippen molar-refractivity contribution in [1.29, 1.82) is 0 Å². The van der Waals surface area contributed by atoms with E-state index < -0.39 is 45.6 Å². The van der Waals surface area contributed by atoms with E-state index in [1.165, 1.54) is 42.3 Å². The lowest BCUT2D eigenvalue weighted by molar-refractivity contribution is -0.385. The van der Waals surface area contributed by atoms with Crippen molar-refractivity contribution in [2.24, 2.45) is 0 Å². The van der Waals surface area contributed by atoms with Gasteiger partial charge in [-0.3, -0.25) is 19.7 Å². The van der Waals surface area contributed by atoms with Crippen LogP contribution in [0.25, 0.3) is 0 Å². The fourth-order valence-corrected chi connectivity index (χ4v) is 3.59. The molecule has 0 aliphatic carbocycles. The topological polar surface area (TPSA) is 92.6 Å². The number of nitro benzene ring substituents is 1. The molecule has 3 rings (SSSR count). The summed E-state index contributed by atoms with van der Waals surface area (Å²) in [5.74, 6) is -2.20. The molecule has 1 aliphatic heterocycles. The first kappa shape index (κ1) is 20.4. The van der Waals surface area contributed by atoms with Crippen LogP contribution in [0.3, 0.4) is 0 Å². The second-order valence-electron chi connectivity index (χ2n) is 7.26. The van der Waals surface area contributed by atoms with Crippen molar-refractivity contribution in [3.05, 3.63) is 75.3 Å². The minimum absolute atomic E-state index is 0.134. The Balaban J connectivity index is 1.86. The van der Waals surface area contributed by atoms with E-state index in [4.69, 9.17) is 0 Å².